The van der Waals surface area contributed by atoms with Crippen LogP contribution in [0.4, 0.5) is 14.5 Å². The number of likely N-dealkylation sites (tertiary alicyclic amines) is 1. The number of halogens is 2. The minimum Gasteiger partial charge on any atom is -0.337 e. The van der Waals surface area contributed by atoms with Crippen LogP contribution in [0, 0.1) is 6.92 Å². The number of nitrogens with zero attached hydrogens (tertiary/aromatic N) is 5. The van der Waals surface area contributed by atoms with Gasteiger partial charge in [-0.25, -0.2) is 13.8 Å². The number of nitrogens with one attached hydrogen (secondary N) is 1. The fourth-order valence-electron chi connectivity index (χ4n) is 3.95. The second kappa shape index (κ2) is 8.04. The molecule has 0 radical (unpaired) electrons. The molecule has 10 heteroatoms. The van der Waals surface area contributed by atoms with Crippen LogP contribution in [0.15, 0.2) is 53.3 Å². The number of fused-ring (bicyclic) bond motifs is 1. The molecule has 170 valence electrons. The van der Waals surface area contributed by atoms with E-state index >= 15 is 0 Å². The van der Waals surface area contributed by atoms with Crippen LogP contribution in [0.1, 0.15) is 41.3 Å². The highest BCUT2D eigenvalue weighted by Crippen LogP contribution is 2.33. The van der Waals surface area contributed by atoms with Crippen molar-refractivity contribution in [2.75, 3.05) is 18.4 Å². The Morgan fingerprint density at radius 1 is 1.27 bits per heavy atom. The Hall–Kier alpha value is -3.66. The molecule has 0 unspecified atom stereocenters. The number of anilines is 1. The highest BCUT2D eigenvalue weighted by Gasteiger charge is 2.41. The number of aromatic nitrogens is 4. The van der Waals surface area contributed by atoms with Gasteiger partial charge in [0, 0.05) is 30.4 Å². The molecule has 5 rings (SSSR count). The molecule has 3 aromatic heterocycles. The lowest BCUT2D eigenvalue weighted by Crippen LogP contribution is -2.28. The molecule has 0 aliphatic carbocycles. The summed E-state index contributed by atoms with van der Waals surface area (Å²) in [7, 11) is 0. The van der Waals surface area contributed by atoms with Crippen molar-refractivity contribution in [1.29, 1.82) is 0 Å². The van der Waals surface area contributed by atoms with Gasteiger partial charge in [-0.2, -0.15) is 4.98 Å². The first-order valence-electron chi connectivity index (χ1n) is 10.6. The van der Waals surface area contributed by atoms with Crippen LogP contribution in [0.25, 0.3) is 17.0 Å². The lowest BCUT2D eigenvalue weighted by molar-refractivity contribution is 0.00683. The number of hydrogen-bond donors (Lipinski definition) is 1. The maximum atomic E-state index is 13.6. The highest BCUT2D eigenvalue weighted by atomic mass is 19.3. The second-order valence-corrected chi connectivity index (χ2v) is 8.26. The van der Waals surface area contributed by atoms with Crippen LogP contribution in [0.3, 0.4) is 0 Å². The Labute approximate surface area is 188 Å². The molecule has 1 aliphatic heterocycles. The Morgan fingerprint density at radius 2 is 2.12 bits per heavy atom. The van der Waals surface area contributed by atoms with Gasteiger partial charge in [-0.15, -0.1) is 0 Å². The zero-order valence-electron chi connectivity index (χ0n) is 18.1. The lowest BCUT2D eigenvalue weighted by Gasteiger charge is -2.20. The average Bonchev–Trinajstić information content (AvgIpc) is 3.52. The Morgan fingerprint density at radius 3 is 2.91 bits per heavy atom. The minimum atomic E-state index is -2.69. The van der Waals surface area contributed by atoms with E-state index in [4.69, 9.17) is 4.52 Å². The van der Waals surface area contributed by atoms with Gasteiger partial charge in [0.05, 0.1) is 18.8 Å². The van der Waals surface area contributed by atoms with Crippen LogP contribution in [-0.4, -0.2) is 49.3 Å². The molecule has 1 fully saturated rings. The van der Waals surface area contributed by atoms with Gasteiger partial charge >= 0.3 is 0 Å². The summed E-state index contributed by atoms with van der Waals surface area (Å²) < 4.78 is 34.2. The first-order chi connectivity index (χ1) is 15.8. The minimum absolute atomic E-state index is 0.175. The molecule has 33 heavy (non-hydrogen) atoms. The van der Waals surface area contributed by atoms with Crippen molar-refractivity contribution < 1.29 is 18.1 Å². The van der Waals surface area contributed by atoms with Crippen molar-refractivity contribution in [3.8, 4) is 11.4 Å². The molecular formula is C23H22F2N6O2. The third-order valence-electron chi connectivity index (χ3n) is 5.94. The van der Waals surface area contributed by atoms with Crippen molar-refractivity contribution in [3.63, 3.8) is 0 Å². The van der Waals surface area contributed by atoms with Gasteiger partial charge < -0.3 is 9.84 Å². The summed E-state index contributed by atoms with van der Waals surface area (Å²) in [6.07, 6.45) is 3.13. The summed E-state index contributed by atoms with van der Waals surface area (Å²) in [4.78, 5) is 23.2. The number of rotatable bonds is 5. The van der Waals surface area contributed by atoms with Crippen LogP contribution in [0.2, 0.25) is 0 Å². The monoisotopic (exact) mass is 452 g/mol. The third kappa shape index (κ3) is 4.09. The fraction of sp³-hybridized carbons (Fsp3) is 0.304. The summed E-state index contributed by atoms with van der Waals surface area (Å²) in [6, 6.07) is 10.5. The standard InChI is InChI=1S/C23H22F2N6O2/c1-14-6-7-16(20-28-22(33-29-20)15(2)30-10-8-23(24,25)13-30)11-17(14)27-21(32)18-12-26-19-5-3-4-9-31(18)19/h3-7,9,11-12,15H,8,10,13H2,1-2H3,(H,27,32)/t15-/m0/s1. The zero-order valence-corrected chi connectivity index (χ0v) is 18.1. The SMILES string of the molecule is Cc1ccc(-c2noc([C@H](C)N3CCC(F)(F)C3)n2)cc1NC(=O)c1cnc2ccccn12. The molecule has 1 N–H and O–H groups in total. The summed E-state index contributed by atoms with van der Waals surface area (Å²) in [5, 5.41) is 6.95. The van der Waals surface area contributed by atoms with Crippen LogP contribution >= 0.6 is 0 Å². The molecular weight excluding hydrogens is 430 g/mol. The number of carbonyl (C=O) groups is 1. The summed E-state index contributed by atoms with van der Waals surface area (Å²) in [5.41, 5.74) is 3.19. The van der Waals surface area contributed by atoms with Crippen molar-refractivity contribution in [3.05, 3.63) is 65.9 Å². The molecule has 1 aromatic carbocycles. The predicted molar refractivity (Wildman–Crippen MR) is 117 cm³/mol. The van der Waals surface area contributed by atoms with E-state index in [-0.39, 0.29) is 31.3 Å². The molecule has 4 aromatic rings. The number of alkyl halides is 2. The molecule has 1 saturated heterocycles. The Kier molecular flexibility index (Phi) is 5.16. The molecule has 0 spiro atoms. The topological polar surface area (TPSA) is 88.6 Å². The number of imidazole rings is 1. The number of benzene rings is 1. The highest BCUT2D eigenvalue weighted by molar-refractivity contribution is 6.04. The van der Waals surface area contributed by atoms with Crippen molar-refractivity contribution in [2.45, 2.75) is 32.2 Å². The van der Waals surface area contributed by atoms with Crippen LogP contribution in [0.5, 0.6) is 0 Å². The van der Waals surface area contributed by atoms with E-state index in [9.17, 15) is 13.6 Å². The van der Waals surface area contributed by atoms with Crippen molar-refractivity contribution in [1.82, 2.24) is 24.4 Å². The van der Waals surface area contributed by atoms with Gasteiger partial charge in [0.1, 0.15) is 11.3 Å². The number of pyridine rings is 1. The van der Waals surface area contributed by atoms with E-state index in [1.165, 1.54) is 6.20 Å². The number of hydrogen-bond acceptors (Lipinski definition) is 6. The van der Waals surface area contributed by atoms with Crippen molar-refractivity contribution >= 4 is 17.2 Å². The molecule has 8 nitrogen and oxygen atoms in total. The van der Waals surface area contributed by atoms with E-state index < -0.39 is 12.0 Å². The Balaban J connectivity index is 1.36. The van der Waals surface area contributed by atoms with Gasteiger partial charge in [0.15, 0.2) is 0 Å². The number of carbonyl (C=O) groups excluding carboxylic acids is 1. The predicted octanol–water partition coefficient (Wildman–Crippen LogP) is 4.35. The van der Waals surface area contributed by atoms with Crippen LogP contribution < -0.4 is 5.32 Å². The van der Waals surface area contributed by atoms with Gasteiger partial charge in [0.2, 0.25) is 11.7 Å². The lowest BCUT2D eigenvalue weighted by atomic mass is 10.1. The maximum absolute atomic E-state index is 13.6. The van der Waals surface area contributed by atoms with E-state index in [2.05, 4.69) is 20.4 Å². The summed E-state index contributed by atoms with van der Waals surface area (Å²) >= 11 is 0. The normalized spacial score (nSPS) is 16.8. The van der Waals surface area contributed by atoms with Gasteiger partial charge in [0.25, 0.3) is 11.8 Å². The molecule has 0 saturated carbocycles. The number of aryl methyl sites for hydroxylation is 1. The van der Waals surface area contributed by atoms with E-state index in [0.29, 0.717) is 28.4 Å². The largest absolute Gasteiger partial charge is 0.337 e. The summed E-state index contributed by atoms with van der Waals surface area (Å²) in [5.74, 6) is -2.39. The first kappa shape index (κ1) is 21.2. The molecule has 1 atom stereocenters. The fourth-order valence-corrected chi connectivity index (χ4v) is 3.95. The first-order valence-corrected chi connectivity index (χ1v) is 10.6. The maximum Gasteiger partial charge on any atom is 0.274 e. The van der Waals surface area contributed by atoms with Gasteiger partial charge in [-0.1, -0.05) is 23.4 Å². The van der Waals surface area contributed by atoms with Crippen molar-refractivity contribution in [2.24, 2.45) is 0 Å². The molecule has 1 amide bonds. The Bertz CT molecular complexity index is 1330. The van der Waals surface area contributed by atoms with Crippen LogP contribution in [-0.2, 0) is 0 Å². The second-order valence-electron chi connectivity index (χ2n) is 8.26. The molecule has 1 aliphatic rings. The average molecular weight is 452 g/mol. The third-order valence-corrected chi connectivity index (χ3v) is 5.94. The van der Waals surface area contributed by atoms with E-state index in [0.717, 1.165) is 5.56 Å². The summed E-state index contributed by atoms with van der Waals surface area (Å²) in [6.45, 7) is 3.60. The van der Waals surface area contributed by atoms with E-state index in [1.54, 1.807) is 28.5 Å². The molecule has 0 bridgehead atoms. The molecule has 4 heterocycles. The smallest absolute Gasteiger partial charge is 0.274 e. The van der Waals surface area contributed by atoms with Gasteiger partial charge in [-0.3, -0.25) is 14.1 Å². The quantitative estimate of drug-likeness (QED) is 0.484. The van der Waals surface area contributed by atoms with Gasteiger partial charge in [-0.05, 0) is 37.6 Å². The zero-order chi connectivity index (χ0) is 23.2. The van der Waals surface area contributed by atoms with E-state index in [1.807, 2.05) is 37.3 Å². The number of amides is 1.